The summed E-state index contributed by atoms with van der Waals surface area (Å²) < 4.78 is 1.66. The van der Waals surface area contributed by atoms with Crippen LogP contribution in [0.1, 0.15) is 38.4 Å². The summed E-state index contributed by atoms with van der Waals surface area (Å²) in [6.07, 6.45) is 0. The van der Waals surface area contributed by atoms with Gasteiger partial charge in [-0.2, -0.15) is 0 Å². The fraction of sp³-hybridized carbons (Fsp3) is 0.429. The molecule has 0 aliphatic heterocycles. The second-order valence-electron chi connectivity index (χ2n) is 4.96. The highest BCUT2D eigenvalue weighted by Crippen LogP contribution is 2.27. The average molecular weight is 292 g/mol. The fourth-order valence-electron chi connectivity index (χ4n) is 1.91. The first kappa shape index (κ1) is 14.9. The van der Waals surface area contributed by atoms with Crippen LogP contribution in [0.15, 0.2) is 39.1 Å². The molecule has 2 rings (SSSR count). The van der Waals surface area contributed by atoms with Crippen LogP contribution in [0.2, 0.25) is 0 Å². The van der Waals surface area contributed by atoms with Gasteiger partial charge in [0.15, 0.2) is 5.16 Å². The van der Waals surface area contributed by atoms with Gasteiger partial charge in [-0.1, -0.05) is 12.1 Å². The molecule has 5 nitrogen and oxygen atoms in total. The van der Waals surface area contributed by atoms with Crippen molar-refractivity contribution >= 4 is 11.8 Å². The summed E-state index contributed by atoms with van der Waals surface area (Å²) in [6, 6.07) is 8.71. The lowest BCUT2D eigenvalue weighted by Crippen LogP contribution is -2.19. The Morgan fingerprint density at radius 1 is 1.25 bits per heavy atom. The van der Waals surface area contributed by atoms with Gasteiger partial charge in [0.1, 0.15) is 0 Å². The Hall–Kier alpha value is -1.53. The van der Waals surface area contributed by atoms with Crippen molar-refractivity contribution in [3.63, 3.8) is 0 Å². The molecule has 0 spiro atoms. The molecule has 6 heteroatoms. The van der Waals surface area contributed by atoms with Crippen LogP contribution in [0.5, 0.6) is 0 Å². The summed E-state index contributed by atoms with van der Waals surface area (Å²) in [5.41, 5.74) is 1.07. The summed E-state index contributed by atoms with van der Waals surface area (Å²) in [4.78, 5) is 12.7. The number of nitrogens with zero attached hydrogens (tertiary/aromatic N) is 2. The van der Waals surface area contributed by atoms with E-state index in [1.165, 1.54) is 17.3 Å². The molecule has 0 fully saturated rings. The van der Waals surface area contributed by atoms with E-state index in [0.29, 0.717) is 11.2 Å². The summed E-state index contributed by atoms with van der Waals surface area (Å²) >= 11 is 1.49. The van der Waals surface area contributed by atoms with Crippen molar-refractivity contribution in [1.82, 2.24) is 20.1 Å². The van der Waals surface area contributed by atoms with Gasteiger partial charge < -0.3 is 5.32 Å². The van der Waals surface area contributed by atoms with E-state index < -0.39 is 0 Å². The first-order valence-electron chi connectivity index (χ1n) is 6.65. The van der Waals surface area contributed by atoms with Crippen molar-refractivity contribution in [1.29, 1.82) is 0 Å². The number of aromatic amines is 1. The first-order chi connectivity index (χ1) is 9.52. The quantitative estimate of drug-likeness (QED) is 0.889. The molecular weight excluding hydrogens is 272 g/mol. The van der Waals surface area contributed by atoms with Gasteiger partial charge in [-0.05, 0) is 57.3 Å². The molecule has 108 valence electrons. The molecule has 1 aromatic heterocycles. The lowest BCUT2D eigenvalue weighted by atomic mass is 10.1. The lowest BCUT2D eigenvalue weighted by molar-refractivity contribution is 0.534. The maximum atomic E-state index is 11.7. The molecule has 0 aliphatic carbocycles. The highest BCUT2D eigenvalue weighted by Gasteiger charge is 2.12. The van der Waals surface area contributed by atoms with Crippen LogP contribution >= 0.6 is 11.8 Å². The van der Waals surface area contributed by atoms with Gasteiger partial charge in [-0.25, -0.2) is 9.89 Å². The van der Waals surface area contributed by atoms with Crippen LogP contribution in [0.4, 0.5) is 0 Å². The molecule has 1 heterocycles. The van der Waals surface area contributed by atoms with Crippen molar-refractivity contribution in [2.45, 2.75) is 42.9 Å². The second-order valence-corrected chi connectivity index (χ2v) is 6.00. The largest absolute Gasteiger partial charge is 0.344 e. The molecule has 0 saturated heterocycles. The van der Waals surface area contributed by atoms with E-state index in [2.05, 4.69) is 46.7 Å². The highest BCUT2D eigenvalue weighted by molar-refractivity contribution is 7.99. The number of benzene rings is 1. The van der Waals surface area contributed by atoms with Crippen LogP contribution in [0, 0.1) is 0 Å². The predicted octanol–water partition coefficient (Wildman–Crippen LogP) is 2.58. The van der Waals surface area contributed by atoms with E-state index in [4.69, 9.17) is 0 Å². The summed E-state index contributed by atoms with van der Waals surface area (Å²) in [6.45, 7) is 6.06. The number of rotatable bonds is 5. The number of nitrogens with one attached hydrogen (secondary N) is 2. The molecular formula is C14H20N4OS. The van der Waals surface area contributed by atoms with Crippen LogP contribution in [0.25, 0.3) is 0 Å². The Labute approximate surface area is 122 Å². The van der Waals surface area contributed by atoms with Crippen molar-refractivity contribution in [3.8, 4) is 0 Å². The van der Waals surface area contributed by atoms with Gasteiger partial charge in [0, 0.05) is 17.0 Å². The average Bonchev–Trinajstić information content (AvgIpc) is 2.79. The van der Waals surface area contributed by atoms with E-state index >= 15 is 0 Å². The summed E-state index contributed by atoms with van der Waals surface area (Å²) in [7, 11) is 1.94. The van der Waals surface area contributed by atoms with Gasteiger partial charge in [-0.15, -0.1) is 5.10 Å². The number of aromatic nitrogens is 3. The zero-order valence-electron chi connectivity index (χ0n) is 12.2. The highest BCUT2D eigenvalue weighted by atomic mass is 32.2. The minimum absolute atomic E-state index is 0.0901. The SMILES string of the molecule is CNC(C)c1ccc(Sc2n[nH]c(=O)n2C(C)C)cc1. The topological polar surface area (TPSA) is 62.7 Å². The molecule has 0 radical (unpaired) electrons. The van der Waals surface area contributed by atoms with Crippen molar-refractivity contribution < 1.29 is 0 Å². The molecule has 20 heavy (non-hydrogen) atoms. The molecule has 2 N–H and O–H groups in total. The van der Waals surface area contributed by atoms with Gasteiger partial charge >= 0.3 is 5.69 Å². The third-order valence-corrected chi connectivity index (χ3v) is 4.19. The zero-order chi connectivity index (χ0) is 14.7. The molecule has 1 aromatic carbocycles. The summed E-state index contributed by atoms with van der Waals surface area (Å²) in [5, 5.41) is 10.5. The van der Waals surface area contributed by atoms with Gasteiger partial charge in [0.25, 0.3) is 0 Å². The first-order valence-corrected chi connectivity index (χ1v) is 7.46. The standard InChI is InChI=1S/C14H20N4OS/c1-9(2)18-13(19)16-17-14(18)20-12-7-5-11(6-8-12)10(3)15-4/h5-10,15H,1-4H3,(H,16,19). The maximum Gasteiger partial charge on any atom is 0.344 e. The predicted molar refractivity (Wildman–Crippen MR) is 81.3 cm³/mol. The number of hydrogen-bond donors (Lipinski definition) is 2. The van der Waals surface area contributed by atoms with E-state index in [9.17, 15) is 4.79 Å². The minimum Gasteiger partial charge on any atom is -0.313 e. The Bertz CT molecular complexity index is 615. The van der Waals surface area contributed by atoms with Crippen LogP contribution in [-0.2, 0) is 0 Å². The normalized spacial score (nSPS) is 12.8. The van der Waals surface area contributed by atoms with Crippen LogP contribution < -0.4 is 11.0 Å². The Kier molecular flexibility index (Phi) is 4.67. The molecule has 0 aliphatic rings. The minimum atomic E-state index is -0.164. The van der Waals surface area contributed by atoms with E-state index in [-0.39, 0.29) is 11.7 Å². The number of hydrogen-bond acceptors (Lipinski definition) is 4. The number of H-pyrrole nitrogens is 1. The molecule has 0 saturated carbocycles. The van der Waals surface area contributed by atoms with Crippen molar-refractivity contribution in [2.75, 3.05) is 7.05 Å². The molecule has 0 bridgehead atoms. The molecule has 0 amide bonds. The third-order valence-electron chi connectivity index (χ3n) is 3.21. The van der Waals surface area contributed by atoms with E-state index in [1.54, 1.807) is 4.57 Å². The van der Waals surface area contributed by atoms with Gasteiger partial charge in [-0.3, -0.25) is 4.57 Å². The molecule has 1 atom stereocenters. The van der Waals surface area contributed by atoms with Crippen LogP contribution in [-0.4, -0.2) is 21.8 Å². The third kappa shape index (κ3) is 3.13. The van der Waals surface area contributed by atoms with E-state index in [0.717, 1.165) is 4.90 Å². The fourth-order valence-corrected chi connectivity index (χ4v) is 2.88. The lowest BCUT2D eigenvalue weighted by Gasteiger charge is -2.11. The molecule has 2 aromatic rings. The van der Waals surface area contributed by atoms with E-state index in [1.807, 2.05) is 20.9 Å². The summed E-state index contributed by atoms with van der Waals surface area (Å²) in [5.74, 6) is 0. The van der Waals surface area contributed by atoms with Crippen molar-refractivity contribution in [2.24, 2.45) is 0 Å². The maximum absolute atomic E-state index is 11.7. The Morgan fingerprint density at radius 2 is 1.90 bits per heavy atom. The second kappa shape index (κ2) is 6.28. The van der Waals surface area contributed by atoms with Crippen molar-refractivity contribution in [3.05, 3.63) is 40.3 Å². The van der Waals surface area contributed by atoms with Gasteiger partial charge in [0.05, 0.1) is 0 Å². The Balaban J connectivity index is 2.21. The van der Waals surface area contributed by atoms with Crippen LogP contribution in [0.3, 0.4) is 0 Å². The van der Waals surface area contributed by atoms with Gasteiger partial charge in [0.2, 0.25) is 0 Å². The Morgan fingerprint density at radius 3 is 2.45 bits per heavy atom. The smallest absolute Gasteiger partial charge is 0.313 e. The monoisotopic (exact) mass is 292 g/mol. The molecule has 1 unspecified atom stereocenters. The zero-order valence-corrected chi connectivity index (χ0v) is 13.0.